The van der Waals surface area contributed by atoms with Gasteiger partial charge in [-0.2, -0.15) is 0 Å². The minimum Gasteiger partial charge on any atom is -0.337 e. The molecule has 0 radical (unpaired) electrons. The van der Waals surface area contributed by atoms with Crippen LogP contribution in [-0.2, 0) is 16.6 Å². The third-order valence-corrected chi connectivity index (χ3v) is 6.76. The van der Waals surface area contributed by atoms with Crippen molar-refractivity contribution < 1.29 is 9.59 Å². The summed E-state index contributed by atoms with van der Waals surface area (Å²) in [5.41, 5.74) is 4.33. The summed E-state index contributed by atoms with van der Waals surface area (Å²) in [6.45, 7) is 3.64. The van der Waals surface area contributed by atoms with Gasteiger partial charge in [0.2, 0.25) is 5.91 Å². The van der Waals surface area contributed by atoms with Gasteiger partial charge in [-0.1, -0.05) is 66.7 Å². The van der Waals surface area contributed by atoms with Crippen LogP contribution >= 0.6 is 0 Å². The highest BCUT2D eigenvalue weighted by Crippen LogP contribution is 2.47. The number of aryl methyl sites for hydroxylation is 1. The van der Waals surface area contributed by atoms with Crippen LogP contribution < -0.4 is 4.90 Å². The van der Waals surface area contributed by atoms with Crippen molar-refractivity contribution >= 4 is 17.5 Å². The molecule has 1 fully saturated rings. The van der Waals surface area contributed by atoms with Crippen molar-refractivity contribution in [3.63, 3.8) is 0 Å². The van der Waals surface area contributed by atoms with Crippen LogP contribution in [-0.4, -0.2) is 36.3 Å². The Bertz CT molecular complexity index is 1140. The SMILES string of the molecule is Cc1ccccc1C(=O)N1CCC2(C1)C(=O)N(CCc1ccccc1)c1ccccc12. The minimum atomic E-state index is -0.633. The predicted octanol–water partition coefficient (Wildman–Crippen LogP) is 4.37. The monoisotopic (exact) mass is 410 g/mol. The van der Waals surface area contributed by atoms with Gasteiger partial charge < -0.3 is 9.80 Å². The number of rotatable bonds is 4. The van der Waals surface area contributed by atoms with E-state index in [0.717, 1.165) is 28.8 Å². The Hall–Kier alpha value is -3.40. The number of anilines is 1. The summed E-state index contributed by atoms with van der Waals surface area (Å²) in [6.07, 6.45) is 1.48. The molecule has 4 nitrogen and oxygen atoms in total. The van der Waals surface area contributed by atoms with Gasteiger partial charge in [0.25, 0.3) is 5.91 Å². The number of amides is 2. The normalized spacial score (nSPS) is 19.8. The first-order valence-corrected chi connectivity index (χ1v) is 10.9. The largest absolute Gasteiger partial charge is 0.337 e. The highest BCUT2D eigenvalue weighted by Gasteiger charge is 2.54. The molecule has 0 bridgehead atoms. The summed E-state index contributed by atoms with van der Waals surface area (Å²) in [4.78, 5) is 30.8. The molecule has 2 heterocycles. The summed E-state index contributed by atoms with van der Waals surface area (Å²) in [5.74, 6) is 0.146. The molecule has 3 aromatic rings. The standard InChI is InChI=1S/C27H26N2O2/c1-20-9-5-6-12-22(20)25(30)28-18-16-27(19-28)23-13-7-8-14-24(23)29(26(27)31)17-15-21-10-3-2-4-11-21/h2-14H,15-19H2,1H3. The van der Waals surface area contributed by atoms with E-state index in [1.807, 2.05) is 77.4 Å². The number of hydrogen-bond donors (Lipinski definition) is 0. The van der Waals surface area contributed by atoms with E-state index >= 15 is 0 Å². The van der Waals surface area contributed by atoms with Crippen LogP contribution in [0.5, 0.6) is 0 Å². The van der Waals surface area contributed by atoms with E-state index in [-0.39, 0.29) is 11.8 Å². The van der Waals surface area contributed by atoms with Gasteiger partial charge in [0.15, 0.2) is 0 Å². The maximum atomic E-state index is 13.8. The summed E-state index contributed by atoms with van der Waals surface area (Å²) in [6, 6.07) is 26.0. The van der Waals surface area contributed by atoms with Gasteiger partial charge in [-0.15, -0.1) is 0 Å². The maximum absolute atomic E-state index is 13.8. The van der Waals surface area contributed by atoms with Crippen LogP contribution in [0.25, 0.3) is 0 Å². The second kappa shape index (κ2) is 7.69. The molecule has 4 heteroatoms. The first-order valence-electron chi connectivity index (χ1n) is 10.9. The van der Waals surface area contributed by atoms with Crippen molar-refractivity contribution in [3.8, 4) is 0 Å². The number of carbonyl (C=O) groups excluding carboxylic acids is 2. The van der Waals surface area contributed by atoms with Crippen molar-refractivity contribution in [3.05, 3.63) is 101 Å². The highest BCUT2D eigenvalue weighted by molar-refractivity contribution is 6.09. The molecular formula is C27H26N2O2. The average molecular weight is 411 g/mol. The fourth-order valence-corrected chi connectivity index (χ4v) is 5.06. The Labute approximate surface area is 183 Å². The van der Waals surface area contributed by atoms with E-state index in [1.54, 1.807) is 0 Å². The summed E-state index contributed by atoms with van der Waals surface area (Å²) >= 11 is 0. The molecule has 0 N–H and O–H groups in total. The second-order valence-corrected chi connectivity index (χ2v) is 8.58. The zero-order valence-electron chi connectivity index (χ0n) is 17.8. The van der Waals surface area contributed by atoms with E-state index in [0.29, 0.717) is 26.1 Å². The molecule has 0 aliphatic carbocycles. The fraction of sp³-hybridized carbons (Fsp3) is 0.259. The van der Waals surface area contributed by atoms with Crippen LogP contribution in [0.3, 0.4) is 0 Å². The lowest BCUT2D eigenvalue weighted by atomic mass is 9.81. The Balaban J connectivity index is 1.42. The molecule has 3 aromatic carbocycles. The van der Waals surface area contributed by atoms with E-state index in [4.69, 9.17) is 0 Å². The van der Waals surface area contributed by atoms with E-state index in [1.165, 1.54) is 5.56 Å². The third kappa shape index (κ3) is 3.23. The van der Waals surface area contributed by atoms with Crippen molar-refractivity contribution in [2.45, 2.75) is 25.2 Å². The molecule has 2 aliphatic rings. The Morgan fingerprint density at radius 2 is 1.65 bits per heavy atom. The van der Waals surface area contributed by atoms with Gasteiger partial charge in [-0.05, 0) is 48.6 Å². The number of hydrogen-bond acceptors (Lipinski definition) is 2. The van der Waals surface area contributed by atoms with Crippen LogP contribution in [0.15, 0.2) is 78.9 Å². The van der Waals surface area contributed by atoms with Crippen molar-refractivity contribution in [1.82, 2.24) is 4.90 Å². The summed E-state index contributed by atoms with van der Waals surface area (Å²) in [7, 11) is 0. The average Bonchev–Trinajstić information content (AvgIpc) is 3.35. The smallest absolute Gasteiger partial charge is 0.254 e. The van der Waals surface area contributed by atoms with Gasteiger partial charge >= 0.3 is 0 Å². The Morgan fingerprint density at radius 1 is 0.935 bits per heavy atom. The fourth-order valence-electron chi connectivity index (χ4n) is 5.06. The molecule has 1 unspecified atom stereocenters. The molecule has 31 heavy (non-hydrogen) atoms. The zero-order valence-corrected chi connectivity index (χ0v) is 17.8. The van der Waals surface area contributed by atoms with E-state index in [9.17, 15) is 9.59 Å². The van der Waals surface area contributed by atoms with Gasteiger partial charge in [-0.3, -0.25) is 9.59 Å². The predicted molar refractivity (Wildman–Crippen MR) is 122 cm³/mol. The number of fused-ring (bicyclic) bond motifs is 2. The van der Waals surface area contributed by atoms with Crippen LogP contribution in [0.1, 0.15) is 33.5 Å². The van der Waals surface area contributed by atoms with Crippen LogP contribution in [0.4, 0.5) is 5.69 Å². The molecule has 156 valence electrons. The number of nitrogens with zero attached hydrogens (tertiary/aromatic N) is 2. The van der Waals surface area contributed by atoms with Crippen molar-refractivity contribution in [2.24, 2.45) is 0 Å². The first-order chi connectivity index (χ1) is 15.1. The van der Waals surface area contributed by atoms with Crippen molar-refractivity contribution in [1.29, 1.82) is 0 Å². The number of likely N-dealkylation sites (tertiary alicyclic amines) is 1. The molecule has 2 amide bonds. The Kier molecular flexibility index (Phi) is 4.85. The molecular weight excluding hydrogens is 384 g/mol. The third-order valence-electron chi connectivity index (χ3n) is 6.76. The highest BCUT2D eigenvalue weighted by atomic mass is 16.2. The second-order valence-electron chi connectivity index (χ2n) is 8.58. The maximum Gasteiger partial charge on any atom is 0.254 e. The topological polar surface area (TPSA) is 40.6 Å². The molecule has 5 rings (SSSR count). The first kappa shape index (κ1) is 19.6. The zero-order chi connectivity index (χ0) is 21.4. The lowest BCUT2D eigenvalue weighted by molar-refractivity contribution is -0.122. The van der Waals surface area contributed by atoms with E-state index < -0.39 is 5.41 Å². The molecule has 2 aliphatic heterocycles. The number of benzene rings is 3. The van der Waals surface area contributed by atoms with Gasteiger partial charge in [0, 0.05) is 30.9 Å². The van der Waals surface area contributed by atoms with Crippen LogP contribution in [0, 0.1) is 6.92 Å². The Morgan fingerprint density at radius 3 is 2.45 bits per heavy atom. The molecule has 1 saturated heterocycles. The number of carbonyl (C=O) groups is 2. The summed E-state index contributed by atoms with van der Waals surface area (Å²) < 4.78 is 0. The van der Waals surface area contributed by atoms with Gasteiger partial charge in [0.05, 0.1) is 5.41 Å². The molecule has 0 aromatic heterocycles. The lowest BCUT2D eigenvalue weighted by Crippen LogP contribution is -2.44. The van der Waals surface area contributed by atoms with Crippen LogP contribution in [0.2, 0.25) is 0 Å². The van der Waals surface area contributed by atoms with Gasteiger partial charge in [0.1, 0.15) is 0 Å². The molecule has 1 spiro atoms. The van der Waals surface area contributed by atoms with Gasteiger partial charge in [-0.25, -0.2) is 0 Å². The molecule has 0 saturated carbocycles. The lowest BCUT2D eigenvalue weighted by Gasteiger charge is -2.25. The van der Waals surface area contributed by atoms with E-state index in [2.05, 4.69) is 18.2 Å². The minimum absolute atomic E-state index is 0.0167. The molecule has 1 atom stereocenters. The summed E-state index contributed by atoms with van der Waals surface area (Å²) in [5, 5.41) is 0. The quantitative estimate of drug-likeness (QED) is 0.641. The van der Waals surface area contributed by atoms with Crippen molar-refractivity contribution in [2.75, 3.05) is 24.5 Å². The number of para-hydroxylation sites is 1.